The first kappa shape index (κ1) is 43.5. The summed E-state index contributed by atoms with van der Waals surface area (Å²) >= 11 is 0. The summed E-state index contributed by atoms with van der Waals surface area (Å²) in [7, 11) is 0. The van der Waals surface area contributed by atoms with E-state index in [9.17, 15) is 33.6 Å². The maximum Gasteiger partial charge on any atom is 0.322 e. The maximum atomic E-state index is 10.1. The summed E-state index contributed by atoms with van der Waals surface area (Å²) in [6.07, 6.45) is 3.81. The third-order valence-electron chi connectivity index (χ3n) is 5.27. The summed E-state index contributed by atoms with van der Waals surface area (Å²) in [6, 6.07) is -3.62. The van der Waals surface area contributed by atoms with Crippen molar-refractivity contribution in [1.29, 1.82) is 0 Å². The highest BCUT2D eigenvalue weighted by Gasteiger charge is 2.21. The van der Waals surface area contributed by atoms with Crippen molar-refractivity contribution in [3.05, 3.63) is 0 Å². The molecule has 0 aromatic heterocycles. The first-order chi connectivity index (χ1) is 19.9. The number of carboxylic acids is 5. The van der Waals surface area contributed by atoms with E-state index < -0.39 is 66.4 Å². The third-order valence-corrected chi connectivity index (χ3v) is 5.27. The predicted octanol–water partition coefficient (Wildman–Crippen LogP) is -4.64. The van der Waals surface area contributed by atoms with Crippen molar-refractivity contribution < 1.29 is 64.2 Å². The van der Waals surface area contributed by atoms with Gasteiger partial charge in [0.1, 0.15) is 30.2 Å². The van der Waals surface area contributed by atoms with Crippen LogP contribution >= 0.6 is 0 Å². The molecular formula is C23H45N7O13. The zero-order valence-electron chi connectivity index (χ0n) is 23.6. The van der Waals surface area contributed by atoms with E-state index in [1.54, 1.807) is 0 Å². The standard InChI is InChI=1S/2C5H10N2O3.2C5H9NO2.C3H7NO3/c2*6-3(5(9)10)1-2-4(7)8;2*7-5(8)4-2-1-3-6-4;4-2(1-5)3(6)7/h2*3H,1-2,6H2,(H2,7,8)(H,9,10);2*4,6H,1-3H2,(H,7,8);2,5H,1,4H2,(H,6,7)/t2*3-;2*4-;2-/m00000/s1. The molecule has 2 fully saturated rings. The van der Waals surface area contributed by atoms with Crippen LogP contribution < -0.4 is 39.3 Å². The number of aliphatic hydroxyl groups is 1. The van der Waals surface area contributed by atoms with Crippen molar-refractivity contribution in [1.82, 2.24) is 10.6 Å². The van der Waals surface area contributed by atoms with Crippen molar-refractivity contribution in [2.45, 2.75) is 81.6 Å². The van der Waals surface area contributed by atoms with Gasteiger partial charge in [-0.1, -0.05) is 0 Å². The van der Waals surface area contributed by atoms with E-state index in [0.717, 1.165) is 38.8 Å². The van der Waals surface area contributed by atoms with Crippen molar-refractivity contribution in [2.75, 3.05) is 19.7 Å². The van der Waals surface area contributed by atoms with Gasteiger partial charge in [-0.05, 0) is 51.6 Å². The van der Waals surface area contributed by atoms with Gasteiger partial charge < -0.3 is 69.9 Å². The Balaban J connectivity index is -0.000000468. The fourth-order valence-corrected chi connectivity index (χ4v) is 2.71. The second-order valence-corrected chi connectivity index (χ2v) is 9.00. The van der Waals surface area contributed by atoms with Crippen molar-refractivity contribution in [2.24, 2.45) is 28.7 Å². The van der Waals surface area contributed by atoms with Crippen LogP contribution in [0.5, 0.6) is 0 Å². The Kier molecular flexibility index (Phi) is 26.0. The number of nitrogens with one attached hydrogen (secondary N) is 2. The Hall–Kier alpha value is -3.95. The monoisotopic (exact) mass is 627 g/mol. The molecule has 2 heterocycles. The Morgan fingerprint density at radius 1 is 0.605 bits per heavy atom. The number of aliphatic hydroxyl groups excluding tert-OH is 1. The van der Waals surface area contributed by atoms with Crippen molar-refractivity contribution in [3.63, 3.8) is 0 Å². The molecule has 0 aromatic carbocycles. The smallest absolute Gasteiger partial charge is 0.322 e. The first-order valence-electron chi connectivity index (χ1n) is 12.9. The molecule has 18 N–H and O–H groups in total. The van der Waals surface area contributed by atoms with Crippen LogP contribution in [-0.2, 0) is 33.6 Å². The van der Waals surface area contributed by atoms with Crippen LogP contribution in [0.2, 0.25) is 0 Å². The molecule has 250 valence electrons. The summed E-state index contributed by atoms with van der Waals surface area (Å²) in [5.74, 6) is -5.90. The lowest BCUT2D eigenvalue weighted by atomic mass is 10.2. The number of nitrogens with two attached hydrogens (primary N) is 5. The number of amides is 2. The van der Waals surface area contributed by atoms with Crippen molar-refractivity contribution in [3.8, 4) is 0 Å². The van der Waals surface area contributed by atoms with Crippen LogP contribution in [0.4, 0.5) is 0 Å². The van der Waals surface area contributed by atoms with Gasteiger partial charge in [0.2, 0.25) is 11.8 Å². The van der Waals surface area contributed by atoms with Crippen LogP contribution in [0.25, 0.3) is 0 Å². The van der Waals surface area contributed by atoms with Crippen LogP contribution in [0, 0.1) is 0 Å². The van der Waals surface area contributed by atoms with Crippen molar-refractivity contribution >= 4 is 41.7 Å². The average Bonchev–Trinajstić information content (AvgIpc) is 3.66. The van der Waals surface area contributed by atoms with Gasteiger partial charge in [-0.2, -0.15) is 0 Å². The van der Waals surface area contributed by atoms with E-state index in [4.69, 9.17) is 59.3 Å². The largest absolute Gasteiger partial charge is 0.480 e. The molecule has 2 amide bonds. The number of carbonyl (C=O) groups is 7. The lowest BCUT2D eigenvalue weighted by molar-refractivity contribution is -0.140. The molecule has 0 aliphatic carbocycles. The van der Waals surface area contributed by atoms with E-state index in [1.807, 2.05) is 0 Å². The lowest BCUT2D eigenvalue weighted by Crippen LogP contribution is -2.33. The van der Waals surface area contributed by atoms with Gasteiger partial charge >= 0.3 is 29.8 Å². The minimum absolute atomic E-state index is 0.0213. The summed E-state index contributed by atoms with van der Waals surface area (Å²) in [6.45, 7) is 1.21. The van der Waals surface area contributed by atoms with Gasteiger partial charge in [0.05, 0.1) is 6.61 Å². The molecule has 0 aromatic rings. The van der Waals surface area contributed by atoms with Crippen LogP contribution in [0.3, 0.4) is 0 Å². The molecule has 0 radical (unpaired) electrons. The molecule has 20 nitrogen and oxygen atoms in total. The SMILES string of the molecule is NC(=O)CC[C@H](N)C(=O)O.NC(=O)CC[C@H](N)C(=O)O.N[C@@H](CO)C(=O)O.O=C(O)[C@@H]1CCCN1.O=C(O)[C@@H]1CCCN1. The quantitative estimate of drug-likeness (QED) is 0.0966. The highest BCUT2D eigenvalue weighted by molar-refractivity contribution is 5.77. The topological polar surface area (TPSA) is 395 Å². The Morgan fingerprint density at radius 2 is 0.907 bits per heavy atom. The summed E-state index contributed by atoms with van der Waals surface area (Å²) in [4.78, 5) is 70.2. The number of hydrogen-bond donors (Lipinski definition) is 13. The molecule has 2 aliphatic heterocycles. The maximum absolute atomic E-state index is 10.1. The number of primary amides is 2. The van der Waals surface area contributed by atoms with Gasteiger partial charge in [-0.3, -0.25) is 33.6 Å². The Bertz CT molecular complexity index is 820. The van der Waals surface area contributed by atoms with Gasteiger partial charge in [0.15, 0.2) is 0 Å². The third kappa shape index (κ3) is 28.0. The normalized spacial score (nSPS) is 18.5. The molecule has 0 bridgehead atoms. The van der Waals surface area contributed by atoms with Gasteiger partial charge in [-0.15, -0.1) is 0 Å². The molecule has 2 saturated heterocycles. The predicted molar refractivity (Wildman–Crippen MR) is 148 cm³/mol. The van der Waals surface area contributed by atoms with Crippen LogP contribution in [0.15, 0.2) is 0 Å². The Labute approximate surface area is 246 Å². The lowest BCUT2D eigenvalue weighted by Gasteiger charge is -2.01. The number of aliphatic carboxylic acids is 5. The van der Waals surface area contributed by atoms with E-state index in [0.29, 0.717) is 0 Å². The summed E-state index contributed by atoms with van der Waals surface area (Å²) < 4.78 is 0. The zero-order valence-corrected chi connectivity index (χ0v) is 23.6. The van der Waals surface area contributed by atoms with Gasteiger partial charge in [-0.25, -0.2) is 0 Å². The fraction of sp³-hybridized carbons (Fsp3) is 0.696. The van der Waals surface area contributed by atoms with E-state index >= 15 is 0 Å². The van der Waals surface area contributed by atoms with Crippen LogP contribution in [0.1, 0.15) is 51.4 Å². The molecule has 0 spiro atoms. The molecule has 20 heteroatoms. The summed E-state index contributed by atoms with van der Waals surface area (Å²) in [5, 5.41) is 54.7. The number of carbonyl (C=O) groups excluding carboxylic acids is 2. The minimum atomic E-state index is -1.18. The van der Waals surface area contributed by atoms with Crippen LogP contribution in [-0.4, -0.2) is 122 Å². The minimum Gasteiger partial charge on any atom is -0.480 e. The second-order valence-electron chi connectivity index (χ2n) is 9.00. The Morgan fingerprint density at radius 3 is 1.02 bits per heavy atom. The molecule has 5 atom stereocenters. The number of hydrogen-bond acceptors (Lipinski definition) is 13. The van der Waals surface area contributed by atoms with E-state index in [-0.39, 0.29) is 37.8 Å². The highest BCUT2D eigenvalue weighted by atomic mass is 16.4. The number of carboxylic acid groups (broad SMARTS) is 5. The second kappa shape index (κ2) is 25.7. The zero-order chi connectivity index (χ0) is 34.1. The van der Waals surface area contributed by atoms with Gasteiger partial charge in [0.25, 0.3) is 0 Å². The van der Waals surface area contributed by atoms with Gasteiger partial charge in [0, 0.05) is 12.8 Å². The molecule has 0 unspecified atom stereocenters. The summed E-state index contributed by atoms with van der Waals surface area (Å²) in [5.41, 5.74) is 24.4. The molecule has 2 aliphatic rings. The molecular weight excluding hydrogens is 582 g/mol. The molecule has 2 rings (SSSR count). The average molecular weight is 628 g/mol. The molecule has 43 heavy (non-hydrogen) atoms. The van der Waals surface area contributed by atoms with E-state index in [1.165, 1.54) is 0 Å². The number of rotatable bonds is 12. The molecule has 0 saturated carbocycles. The first-order valence-corrected chi connectivity index (χ1v) is 12.9. The fourth-order valence-electron chi connectivity index (χ4n) is 2.71. The van der Waals surface area contributed by atoms with E-state index in [2.05, 4.69) is 10.6 Å². The highest BCUT2D eigenvalue weighted by Crippen LogP contribution is 2.04.